The van der Waals surface area contributed by atoms with Crippen molar-refractivity contribution in [3.63, 3.8) is 0 Å². The summed E-state index contributed by atoms with van der Waals surface area (Å²) in [5, 5.41) is 0.508. The molecule has 0 atom stereocenters. The van der Waals surface area contributed by atoms with Gasteiger partial charge in [0.1, 0.15) is 5.82 Å². The first kappa shape index (κ1) is 18.6. The maximum absolute atomic E-state index is 12.7. The molecule has 0 saturated heterocycles. The number of fused-ring (bicyclic) bond motifs is 1. The van der Waals surface area contributed by atoms with Gasteiger partial charge in [-0.3, -0.25) is 9.69 Å². The van der Waals surface area contributed by atoms with Crippen LogP contribution in [0.2, 0.25) is 0 Å². The van der Waals surface area contributed by atoms with Crippen molar-refractivity contribution in [2.75, 3.05) is 12.3 Å². The Morgan fingerprint density at radius 2 is 2.00 bits per heavy atom. The van der Waals surface area contributed by atoms with Crippen LogP contribution in [0.15, 0.2) is 35.3 Å². The highest BCUT2D eigenvalue weighted by atomic mass is 32.1. The number of nitrogen functional groups attached to an aromatic ring is 1. The average molecular weight is 407 g/mol. The molecule has 6 nitrogen and oxygen atoms in total. The molecule has 3 N–H and O–H groups in total. The summed E-state index contributed by atoms with van der Waals surface area (Å²) in [5.41, 5.74) is 6.34. The normalized spacial score (nSPS) is 14.8. The van der Waals surface area contributed by atoms with Crippen molar-refractivity contribution >= 4 is 16.5 Å². The van der Waals surface area contributed by atoms with Gasteiger partial charge in [0.15, 0.2) is 5.13 Å². The van der Waals surface area contributed by atoms with E-state index in [0.717, 1.165) is 17.0 Å². The van der Waals surface area contributed by atoms with Crippen LogP contribution in [0.5, 0.6) is 0 Å². The lowest BCUT2D eigenvalue weighted by molar-refractivity contribution is -0.137. The summed E-state index contributed by atoms with van der Waals surface area (Å²) in [4.78, 5) is 26.9. The number of rotatable bonds is 3. The molecule has 0 amide bonds. The number of anilines is 1. The zero-order valence-electron chi connectivity index (χ0n) is 14.6. The van der Waals surface area contributed by atoms with Crippen molar-refractivity contribution in [3.05, 3.63) is 62.5 Å². The molecule has 3 aromatic rings. The van der Waals surface area contributed by atoms with Crippen molar-refractivity contribution in [2.24, 2.45) is 0 Å². The summed E-state index contributed by atoms with van der Waals surface area (Å²) in [6.45, 7) is 1.81. The van der Waals surface area contributed by atoms with Gasteiger partial charge in [-0.2, -0.15) is 13.2 Å². The highest BCUT2D eigenvalue weighted by Crippen LogP contribution is 2.30. The summed E-state index contributed by atoms with van der Waals surface area (Å²) >= 11 is 1.41. The minimum Gasteiger partial charge on any atom is -0.375 e. The molecule has 0 unspecified atom stereocenters. The lowest BCUT2D eigenvalue weighted by atomic mass is 10.1. The van der Waals surface area contributed by atoms with Crippen LogP contribution in [0.25, 0.3) is 11.4 Å². The molecule has 4 rings (SSSR count). The zero-order chi connectivity index (χ0) is 19.9. The van der Waals surface area contributed by atoms with Crippen LogP contribution in [0.4, 0.5) is 18.3 Å². The third kappa shape index (κ3) is 3.78. The largest absolute Gasteiger partial charge is 0.416 e. The number of aromatic amines is 1. The third-order valence-electron chi connectivity index (χ3n) is 4.58. The fourth-order valence-corrected chi connectivity index (χ4v) is 3.91. The predicted octanol–water partition coefficient (Wildman–Crippen LogP) is 3.05. The molecule has 28 heavy (non-hydrogen) atoms. The van der Waals surface area contributed by atoms with E-state index in [1.165, 1.54) is 23.5 Å². The smallest absolute Gasteiger partial charge is 0.375 e. The number of thiazole rings is 1. The summed E-state index contributed by atoms with van der Waals surface area (Å²) in [6, 6.07) is 4.60. The van der Waals surface area contributed by atoms with E-state index in [0.29, 0.717) is 48.0 Å². The average Bonchev–Trinajstić information content (AvgIpc) is 3.06. The van der Waals surface area contributed by atoms with Gasteiger partial charge in [0.2, 0.25) is 0 Å². The lowest BCUT2D eigenvalue weighted by Crippen LogP contribution is -2.35. The zero-order valence-corrected chi connectivity index (χ0v) is 15.4. The SMILES string of the molecule is Nc1ncc(CN2CCc3nc(-c4ccc(C(F)(F)F)cc4)[nH]c(=O)c3C2)s1. The Morgan fingerprint density at radius 1 is 1.25 bits per heavy atom. The Bertz CT molecular complexity index is 1060. The topological polar surface area (TPSA) is 87.9 Å². The second kappa shape index (κ2) is 7.02. The molecule has 3 heterocycles. The van der Waals surface area contributed by atoms with Crippen LogP contribution in [-0.4, -0.2) is 26.4 Å². The number of nitrogens with zero attached hydrogens (tertiary/aromatic N) is 3. The monoisotopic (exact) mass is 407 g/mol. The van der Waals surface area contributed by atoms with Gasteiger partial charge >= 0.3 is 6.18 Å². The first-order valence-electron chi connectivity index (χ1n) is 8.52. The molecule has 1 aliphatic heterocycles. The molecule has 1 aliphatic rings. The number of benzene rings is 1. The molecular weight excluding hydrogens is 391 g/mol. The van der Waals surface area contributed by atoms with Crippen LogP contribution in [0.3, 0.4) is 0 Å². The molecule has 0 fully saturated rings. The Labute approximate surface area is 161 Å². The number of aromatic nitrogens is 3. The summed E-state index contributed by atoms with van der Waals surface area (Å²) in [7, 11) is 0. The second-order valence-electron chi connectivity index (χ2n) is 6.54. The third-order valence-corrected chi connectivity index (χ3v) is 5.40. The van der Waals surface area contributed by atoms with E-state index >= 15 is 0 Å². The molecule has 0 saturated carbocycles. The fraction of sp³-hybridized carbons (Fsp3) is 0.278. The van der Waals surface area contributed by atoms with E-state index in [-0.39, 0.29) is 11.4 Å². The molecule has 0 radical (unpaired) electrons. The van der Waals surface area contributed by atoms with Gasteiger partial charge in [0, 0.05) is 42.7 Å². The maximum atomic E-state index is 12.7. The number of alkyl halides is 3. The Hall–Kier alpha value is -2.72. The molecule has 1 aromatic carbocycles. The summed E-state index contributed by atoms with van der Waals surface area (Å²) in [5.74, 6) is 0.279. The number of H-pyrrole nitrogens is 1. The van der Waals surface area contributed by atoms with Gasteiger partial charge in [-0.1, -0.05) is 12.1 Å². The van der Waals surface area contributed by atoms with Gasteiger partial charge in [0.25, 0.3) is 5.56 Å². The standard InChI is InChI=1S/C18H16F3N5OS/c19-18(20,21)11-3-1-10(2-4-11)15-24-14-5-6-26(9-13(14)16(27)25-15)8-12-7-23-17(22)28-12/h1-4,7H,5-6,8-9H2,(H2,22,23)(H,24,25,27). The molecule has 2 aromatic heterocycles. The van der Waals surface area contributed by atoms with Crippen molar-refractivity contribution < 1.29 is 13.2 Å². The number of nitrogens with one attached hydrogen (secondary N) is 1. The minimum atomic E-state index is -4.40. The number of nitrogens with two attached hydrogens (primary N) is 1. The van der Waals surface area contributed by atoms with Gasteiger partial charge in [-0.05, 0) is 12.1 Å². The van der Waals surface area contributed by atoms with Gasteiger partial charge < -0.3 is 10.7 Å². The second-order valence-corrected chi connectivity index (χ2v) is 7.69. The number of halogens is 3. The van der Waals surface area contributed by atoms with E-state index in [9.17, 15) is 18.0 Å². The Morgan fingerprint density at radius 3 is 2.64 bits per heavy atom. The van der Waals surface area contributed by atoms with E-state index < -0.39 is 11.7 Å². The molecular formula is C18H16F3N5OS. The minimum absolute atomic E-state index is 0.270. The lowest BCUT2D eigenvalue weighted by Gasteiger charge is -2.27. The molecule has 146 valence electrons. The van der Waals surface area contributed by atoms with Gasteiger partial charge in [-0.25, -0.2) is 9.97 Å². The molecule has 0 bridgehead atoms. The Kier molecular flexibility index (Phi) is 4.68. The summed E-state index contributed by atoms with van der Waals surface area (Å²) in [6.07, 6.45) is -2.09. The van der Waals surface area contributed by atoms with Crippen molar-refractivity contribution in [3.8, 4) is 11.4 Å². The fourth-order valence-electron chi connectivity index (χ4n) is 3.19. The quantitative estimate of drug-likeness (QED) is 0.697. The van der Waals surface area contributed by atoms with E-state index in [2.05, 4.69) is 19.9 Å². The molecule has 0 aliphatic carbocycles. The van der Waals surface area contributed by atoms with Gasteiger partial charge in [0.05, 0.1) is 16.8 Å². The van der Waals surface area contributed by atoms with Crippen LogP contribution >= 0.6 is 11.3 Å². The van der Waals surface area contributed by atoms with Crippen LogP contribution in [0.1, 0.15) is 21.7 Å². The first-order chi connectivity index (χ1) is 13.3. The molecule has 0 spiro atoms. The highest BCUT2D eigenvalue weighted by molar-refractivity contribution is 7.15. The number of hydrogen-bond donors (Lipinski definition) is 2. The summed E-state index contributed by atoms with van der Waals surface area (Å²) < 4.78 is 38.2. The van der Waals surface area contributed by atoms with E-state index in [1.54, 1.807) is 6.20 Å². The van der Waals surface area contributed by atoms with Crippen LogP contribution in [0, 0.1) is 0 Å². The van der Waals surface area contributed by atoms with E-state index in [1.807, 2.05) is 0 Å². The van der Waals surface area contributed by atoms with Crippen LogP contribution < -0.4 is 11.3 Å². The van der Waals surface area contributed by atoms with Crippen molar-refractivity contribution in [2.45, 2.75) is 25.7 Å². The number of hydrogen-bond acceptors (Lipinski definition) is 6. The predicted molar refractivity (Wildman–Crippen MR) is 99.6 cm³/mol. The Balaban J connectivity index is 1.56. The first-order valence-corrected chi connectivity index (χ1v) is 9.33. The molecule has 10 heteroatoms. The van der Waals surface area contributed by atoms with Crippen molar-refractivity contribution in [1.29, 1.82) is 0 Å². The van der Waals surface area contributed by atoms with Crippen LogP contribution in [-0.2, 0) is 25.7 Å². The van der Waals surface area contributed by atoms with Gasteiger partial charge in [-0.15, -0.1) is 11.3 Å². The van der Waals surface area contributed by atoms with E-state index in [4.69, 9.17) is 5.73 Å². The maximum Gasteiger partial charge on any atom is 0.416 e. The van der Waals surface area contributed by atoms with Crippen molar-refractivity contribution in [1.82, 2.24) is 19.9 Å². The highest BCUT2D eigenvalue weighted by Gasteiger charge is 2.30.